The van der Waals surface area contributed by atoms with Crippen LogP contribution in [0.25, 0.3) is 10.9 Å². The number of fused-ring (bicyclic) bond motifs is 1. The number of nitrogens with one attached hydrogen (secondary N) is 1. The van der Waals surface area contributed by atoms with Gasteiger partial charge in [0.15, 0.2) is 5.89 Å². The lowest BCUT2D eigenvalue weighted by molar-refractivity contribution is 0.486. The van der Waals surface area contributed by atoms with E-state index in [1.807, 2.05) is 13.0 Å². The molecule has 1 atom stereocenters. The van der Waals surface area contributed by atoms with Gasteiger partial charge in [0.1, 0.15) is 11.7 Å². The Kier molecular flexibility index (Phi) is 3.73. The smallest absolute Gasteiger partial charge is 0.220 e. The molecule has 0 aliphatic carbocycles. The minimum Gasteiger partial charge on any atom is -0.425 e. The van der Waals surface area contributed by atoms with Crippen LogP contribution in [0.15, 0.2) is 34.9 Å². The molecule has 1 aliphatic heterocycles. The number of aryl methyl sites for hydroxylation is 3. The fourth-order valence-electron chi connectivity index (χ4n) is 3.54. The van der Waals surface area contributed by atoms with Crippen LogP contribution in [0.5, 0.6) is 0 Å². The minimum absolute atomic E-state index is 0.0851. The summed E-state index contributed by atoms with van der Waals surface area (Å²) in [7, 11) is 0. The quantitative estimate of drug-likeness (QED) is 0.795. The van der Waals surface area contributed by atoms with Gasteiger partial charge in [0, 0.05) is 30.1 Å². The lowest BCUT2D eigenvalue weighted by Crippen LogP contribution is -2.27. The van der Waals surface area contributed by atoms with Gasteiger partial charge in [-0.1, -0.05) is 18.2 Å². The topological polar surface area (TPSA) is 68.8 Å². The van der Waals surface area contributed by atoms with Crippen molar-refractivity contribution in [3.8, 4) is 6.07 Å². The van der Waals surface area contributed by atoms with Crippen LogP contribution in [-0.2, 0) is 12.8 Å². The molecule has 0 radical (unpaired) electrons. The van der Waals surface area contributed by atoms with E-state index in [4.69, 9.17) is 4.42 Å². The molecule has 1 unspecified atom stereocenters. The van der Waals surface area contributed by atoms with E-state index in [1.165, 1.54) is 10.9 Å². The van der Waals surface area contributed by atoms with E-state index >= 15 is 0 Å². The summed E-state index contributed by atoms with van der Waals surface area (Å²) in [5.74, 6) is 1.52. The van der Waals surface area contributed by atoms with Gasteiger partial charge in [0.2, 0.25) is 5.88 Å². The van der Waals surface area contributed by atoms with Crippen LogP contribution in [-0.4, -0.2) is 22.6 Å². The van der Waals surface area contributed by atoms with E-state index in [2.05, 4.69) is 45.3 Å². The fourth-order valence-corrected chi connectivity index (χ4v) is 3.54. The van der Waals surface area contributed by atoms with Gasteiger partial charge >= 0.3 is 0 Å². The maximum atomic E-state index is 9.27. The van der Waals surface area contributed by atoms with Crippen molar-refractivity contribution in [1.29, 1.82) is 5.26 Å². The van der Waals surface area contributed by atoms with Crippen molar-refractivity contribution in [3.05, 3.63) is 47.6 Å². The standard InChI is InChI=1S/C19H20N4O/c1-13-19(23-10-4-5-15(23)11-20)24-18(22-13)9-8-14-12-21-17-7-3-2-6-16(14)17/h2-3,6-7,12,15,21H,4-5,8-10H2,1H3. The van der Waals surface area contributed by atoms with Gasteiger partial charge in [-0.25, -0.2) is 4.98 Å². The summed E-state index contributed by atoms with van der Waals surface area (Å²) in [6, 6.07) is 10.6. The van der Waals surface area contributed by atoms with Crippen LogP contribution in [0, 0.1) is 18.3 Å². The Bertz CT molecular complexity index is 902. The molecule has 3 heterocycles. The van der Waals surface area contributed by atoms with Crippen molar-refractivity contribution in [3.63, 3.8) is 0 Å². The lowest BCUT2D eigenvalue weighted by Gasteiger charge is -2.18. The third-order valence-electron chi connectivity index (χ3n) is 4.76. The molecule has 4 rings (SSSR count). The van der Waals surface area contributed by atoms with E-state index in [0.717, 1.165) is 55.2 Å². The second-order valence-corrected chi connectivity index (χ2v) is 6.34. The molecule has 2 aromatic heterocycles. The van der Waals surface area contributed by atoms with Crippen LogP contribution in [0.4, 0.5) is 5.88 Å². The SMILES string of the molecule is Cc1nc(CCc2c[nH]c3ccccc23)oc1N1CCCC1C#N. The molecule has 0 amide bonds. The first kappa shape index (κ1) is 14.8. The average molecular weight is 320 g/mol. The molecule has 1 fully saturated rings. The van der Waals surface area contributed by atoms with Gasteiger partial charge in [0.05, 0.1) is 6.07 Å². The van der Waals surface area contributed by atoms with E-state index < -0.39 is 0 Å². The van der Waals surface area contributed by atoms with E-state index in [1.54, 1.807) is 0 Å². The number of hydrogen-bond acceptors (Lipinski definition) is 4. The largest absolute Gasteiger partial charge is 0.425 e. The summed E-state index contributed by atoms with van der Waals surface area (Å²) in [5.41, 5.74) is 3.32. The van der Waals surface area contributed by atoms with E-state index in [-0.39, 0.29) is 6.04 Å². The Balaban J connectivity index is 1.52. The zero-order chi connectivity index (χ0) is 16.5. The predicted octanol–water partition coefficient (Wildman–Crippen LogP) is 3.74. The highest BCUT2D eigenvalue weighted by Crippen LogP contribution is 2.29. The summed E-state index contributed by atoms with van der Waals surface area (Å²) >= 11 is 0. The van der Waals surface area contributed by atoms with Gasteiger partial charge in [0.25, 0.3) is 0 Å². The first-order valence-electron chi connectivity index (χ1n) is 8.44. The number of hydrogen-bond donors (Lipinski definition) is 1. The molecular weight excluding hydrogens is 300 g/mol. The van der Waals surface area contributed by atoms with Gasteiger partial charge in [-0.3, -0.25) is 0 Å². The number of benzene rings is 1. The molecule has 5 heteroatoms. The third kappa shape index (κ3) is 2.54. The molecule has 122 valence electrons. The highest BCUT2D eigenvalue weighted by atomic mass is 16.4. The molecule has 1 N–H and O–H groups in total. The monoisotopic (exact) mass is 320 g/mol. The summed E-state index contributed by atoms with van der Waals surface area (Å²) in [5, 5.41) is 10.5. The van der Waals surface area contributed by atoms with Crippen molar-refractivity contribution in [1.82, 2.24) is 9.97 Å². The second kappa shape index (κ2) is 6.04. The van der Waals surface area contributed by atoms with Crippen LogP contribution in [0.2, 0.25) is 0 Å². The lowest BCUT2D eigenvalue weighted by atomic mass is 10.1. The molecule has 1 saturated heterocycles. The van der Waals surface area contributed by atoms with Gasteiger partial charge in [-0.2, -0.15) is 5.26 Å². The van der Waals surface area contributed by atoms with Crippen LogP contribution >= 0.6 is 0 Å². The predicted molar refractivity (Wildman–Crippen MR) is 92.9 cm³/mol. The van der Waals surface area contributed by atoms with Crippen molar-refractivity contribution in [2.75, 3.05) is 11.4 Å². The summed E-state index contributed by atoms with van der Waals surface area (Å²) in [4.78, 5) is 9.93. The Labute approximate surface area is 140 Å². The van der Waals surface area contributed by atoms with Crippen molar-refractivity contribution in [2.45, 2.75) is 38.6 Å². The van der Waals surface area contributed by atoms with Crippen molar-refractivity contribution < 1.29 is 4.42 Å². The van der Waals surface area contributed by atoms with Gasteiger partial charge < -0.3 is 14.3 Å². The summed E-state index contributed by atoms with van der Waals surface area (Å²) < 4.78 is 5.99. The minimum atomic E-state index is -0.0851. The summed E-state index contributed by atoms with van der Waals surface area (Å²) in [6.45, 7) is 2.83. The Morgan fingerprint density at radius 3 is 3.12 bits per heavy atom. The molecule has 0 saturated carbocycles. The van der Waals surface area contributed by atoms with E-state index in [0.29, 0.717) is 0 Å². The van der Waals surface area contributed by atoms with Crippen molar-refractivity contribution >= 4 is 16.8 Å². The Morgan fingerprint density at radius 2 is 2.25 bits per heavy atom. The second-order valence-electron chi connectivity index (χ2n) is 6.34. The van der Waals surface area contributed by atoms with Gasteiger partial charge in [-0.15, -0.1) is 0 Å². The number of oxazole rings is 1. The zero-order valence-electron chi connectivity index (χ0n) is 13.7. The molecule has 0 spiro atoms. The number of rotatable bonds is 4. The molecule has 3 aromatic rings. The maximum Gasteiger partial charge on any atom is 0.220 e. The number of nitrogens with zero attached hydrogens (tertiary/aromatic N) is 3. The Hall–Kier alpha value is -2.74. The fraction of sp³-hybridized carbons (Fsp3) is 0.368. The zero-order valence-corrected chi connectivity index (χ0v) is 13.7. The number of aromatic amines is 1. The number of aromatic nitrogens is 2. The Morgan fingerprint density at radius 1 is 1.38 bits per heavy atom. The molecule has 0 bridgehead atoms. The number of nitriles is 1. The molecule has 24 heavy (non-hydrogen) atoms. The first-order valence-corrected chi connectivity index (χ1v) is 8.44. The molecule has 1 aromatic carbocycles. The normalized spacial score (nSPS) is 17.5. The maximum absolute atomic E-state index is 9.27. The number of H-pyrrole nitrogens is 1. The average Bonchev–Trinajstić information content (AvgIpc) is 3.30. The van der Waals surface area contributed by atoms with Crippen LogP contribution in [0.1, 0.15) is 30.0 Å². The van der Waals surface area contributed by atoms with Crippen LogP contribution < -0.4 is 4.90 Å². The molecular formula is C19H20N4O. The highest BCUT2D eigenvalue weighted by molar-refractivity contribution is 5.83. The van der Waals surface area contributed by atoms with Crippen molar-refractivity contribution in [2.24, 2.45) is 0 Å². The third-order valence-corrected chi connectivity index (χ3v) is 4.76. The number of para-hydroxylation sites is 1. The molecule has 5 nitrogen and oxygen atoms in total. The van der Waals surface area contributed by atoms with E-state index in [9.17, 15) is 5.26 Å². The first-order chi connectivity index (χ1) is 11.8. The van der Waals surface area contributed by atoms with Gasteiger partial charge in [-0.05, 0) is 37.8 Å². The molecule has 1 aliphatic rings. The summed E-state index contributed by atoms with van der Waals surface area (Å²) in [6.07, 6.45) is 5.64. The number of anilines is 1. The van der Waals surface area contributed by atoms with Crippen LogP contribution in [0.3, 0.4) is 0 Å². The highest BCUT2D eigenvalue weighted by Gasteiger charge is 2.28.